The zero-order chi connectivity index (χ0) is 26.1. The number of amides is 3. The minimum absolute atomic E-state index is 0.0192. The van der Waals surface area contributed by atoms with Gasteiger partial charge < -0.3 is 19.3 Å². The molecule has 2 fully saturated rings. The molecule has 3 heterocycles. The van der Waals surface area contributed by atoms with Crippen LogP contribution < -0.4 is 0 Å². The molecular weight excluding hydrogens is 454 g/mol. The molecule has 8 heteroatoms. The van der Waals surface area contributed by atoms with Gasteiger partial charge in [0.05, 0.1) is 0 Å². The predicted octanol–water partition coefficient (Wildman–Crippen LogP) is 3.33. The molecule has 1 aromatic heterocycles. The van der Waals surface area contributed by atoms with Crippen LogP contribution in [0.15, 0.2) is 24.3 Å². The van der Waals surface area contributed by atoms with E-state index in [9.17, 15) is 14.4 Å². The summed E-state index contributed by atoms with van der Waals surface area (Å²) in [6, 6.07) is 8.31. The molecule has 0 spiro atoms. The molecule has 196 valence electrons. The Kier molecular flexibility index (Phi) is 7.73. The highest BCUT2D eigenvalue weighted by Gasteiger charge is 2.29. The van der Waals surface area contributed by atoms with Gasteiger partial charge in [0.15, 0.2) is 0 Å². The van der Waals surface area contributed by atoms with E-state index in [4.69, 9.17) is 0 Å². The number of carbonyl (C=O) groups is 3. The molecule has 0 saturated carbocycles. The lowest BCUT2D eigenvalue weighted by Crippen LogP contribution is -2.51. The van der Waals surface area contributed by atoms with Gasteiger partial charge in [-0.1, -0.05) is 13.8 Å². The zero-order valence-electron chi connectivity index (χ0n) is 22.7. The van der Waals surface area contributed by atoms with Crippen molar-refractivity contribution in [3.8, 4) is 0 Å². The van der Waals surface area contributed by atoms with Gasteiger partial charge in [0.25, 0.3) is 11.8 Å². The SMILES string of the molecule is CC(C)C(=O)N1CCN(C(=O)c2cc3cc(C(=O)N4CCN(C(C)C)CC4)ccc3n2C(C)C)CC1. The molecule has 0 N–H and O–H groups in total. The molecule has 0 aliphatic carbocycles. The first-order chi connectivity index (χ1) is 17.1. The van der Waals surface area contributed by atoms with Gasteiger partial charge in [-0.3, -0.25) is 19.3 Å². The number of hydrogen-bond acceptors (Lipinski definition) is 4. The Labute approximate surface area is 214 Å². The van der Waals surface area contributed by atoms with Crippen molar-refractivity contribution in [2.24, 2.45) is 5.92 Å². The molecule has 2 aliphatic rings. The summed E-state index contributed by atoms with van der Waals surface area (Å²) in [6.07, 6.45) is 0. The molecule has 8 nitrogen and oxygen atoms in total. The van der Waals surface area contributed by atoms with Crippen LogP contribution in [0.5, 0.6) is 0 Å². The molecule has 0 unspecified atom stereocenters. The average molecular weight is 496 g/mol. The van der Waals surface area contributed by atoms with Gasteiger partial charge in [-0.15, -0.1) is 0 Å². The summed E-state index contributed by atoms with van der Waals surface area (Å²) in [7, 11) is 0. The largest absolute Gasteiger partial charge is 0.339 e. The van der Waals surface area contributed by atoms with Crippen molar-refractivity contribution >= 4 is 28.6 Å². The van der Waals surface area contributed by atoms with Crippen LogP contribution >= 0.6 is 0 Å². The Morgan fingerprint density at radius 3 is 1.78 bits per heavy atom. The highest BCUT2D eigenvalue weighted by molar-refractivity contribution is 6.02. The van der Waals surface area contributed by atoms with E-state index in [0.717, 1.165) is 37.1 Å². The molecule has 0 atom stereocenters. The van der Waals surface area contributed by atoms with Gasteiger partial charge in [0, 0.05) is 86.8 Å². The Bertz CT molecular complexity index is 1120. The second kappa shape index (κ2) is 10.6. The standard InChI is InChI=1S/C28H41N5O3/c1-19(2)26(34)30-13-15-32(16-14-30)28(36)25-18-23-17-22(7-8-24(23)33(25)21(5)6)27(35)31-11-9-29(10-12-31)20(3)4/h7-8,17-21H,9-16H2,1-6H3. The van der Waals surface area contributed by atoms with Crippen LogP contribution in [-0.4, -0.2) is 100 Å². The quantitative estimate of drug-likeness (QED) is 0.638. The highest BCUT2D eigenvalue weighted by atomic mass is 16.2. The highest BCUT2D eigenvalue weighted by Crippen LogP contribution is 2.27. The Morgan fingerprint density at radius 1 is 0.667 bits per heavy atom. The third-order valence-corrected chi connectivity index (χ3v) is 7.53. The summed E-state index contributed by atoms with van der Waals surface area (Å²) < 4.78 is 2.07. The number of benzene rings is 1. The first kappa shape index (κ1) is 26.2. The van der Waals surface area contributed by atoms with Gasteiger partial charge in [0.2, 0.25) is 5.91 Å². The van der Waals surface area contributed by atoms with E-state index in [1.165, 1.54) is 0 Å². The molecule has 2 aliphatic heterocycles. The smallest absolute Gasteiger partial charge is 0.270 e. The molecule has 3 amide bonds. The maximum Gasteiger partial charge on any atom is 0.270 e. The first-order valence-electron chi connectivity index (χ1n) is 13.3. The predicted molar refractivity (Wildman–Crippen MR) is 142 cm³/mol. The molecule has 4 rings (SSSR count). The van der Waals surface area contributed by atoms with E-state index < -0.39 is 0 Å². The van der Waals surface area contributed by atoms with Crippen LogP contribution in [0.25, 0.3) is 10.9 Å². The van der Waals surface area contributed by atoms with Crippen molar-refractivity contribution < 1.29 is 14.4 Å². The van der Waals surface area contributed by atoms with Crippen LogP contribution in [0.2, 0.25) is 0 Å². The molecule has 0 radical (unpaired) electrons. The first-order valence-corrected chi connectivity index (χ1v) is 13.3. The number of nitrogens with zero attached hydrogens (tertiary/aromatic N) is 5. The molecule has 0 bridgehead atoms. The number of aromatic nitrogens is 1. The van der Waals surface area contributed by atoms with Crippen molar-refractivity contribution in [1.29, 1.82) is 0 Å². The third-order valence-electron chi connectivity index (χ3n) is 7.53. The number of piperazine rings is 2. The third kappa shape index (κ3) is 5.14. The fourth-order valence-corrected chi connectivity index (χ4v) is 5.37. The maximum absolute atomic E-state index is 13.6. The van der Waals surface area contributed by atoms with E-state index in [1.807, 2.05) is 52.8 Å². The van der Waals surface area contributed by atoms with Crippen LogP contribution in [0.1, 0.15) is 68.4 Å². The minimum atomic E-state index is -0.0355. The van der Waals surface area contributed by atoms with Crippen LogP contribution in [0, 0.1) is 5.92 Å². The molecule has 2 aromatic rings. The fourth-order valence-electron chi connectivity index (χ4n) is 5.37. The lowest BCUT2D eigenvalue weighted by Gasteiger charge is -2.37. The van der Waals surface area contributed by atoms with E-state index in [-0.39, 0.29) is 29.7 Å². The number of carbonyl (C=O) groups excluding carboxylic acids is 3. The Hall–Kier alpha value is -2.87. The average Bonchev–Trinajstić information content (AvgIpc) is 3.26. The molecule has 36 heavy (non-hydrogen) atoms. The second-order valence-corrected chi connectivity index (χ2v) is 11.0. The zero-order valence-corrected chi connectivity index (χ0v) is 22.7. The monoisotopic (exact) mass is 495 g/mol. The van der Waals surface area contributed by atoms with Crippen molar-refractivity contribution in [2.75, 3.05) is 52.4 Å². The normalized spacial score (nSPS) is 17.6. The molecular formula is C28H41N5O3. The van der Waals surface area contributed by atoms with Gasteiger partial charge in [-0.25, -0.2) is 0 Å². The number of rotatable bonds is 5. The lowest BCUT2D eigenvalue weighted by atomic mass is 10.1. The van der Waals surface area contributed by atoms with Gasteiger partial charge in [0.1, 0.15) is 5.69 Å². The Morgan fingerprint density at radius 2 is 1.22 bits per heavy atom. The van der Waals surface area contributed by atoms with Crippen molar-refractivity contribution in [1.82, 2.24) is 24.2 Å². The van der Waals surface area contributed by atoms with Crippen molar-refractivity contribution in [3.05, 3.63) is 35.5 Å². The van der Waals surface area contributed by atoms with E-state index in [0.29, 0.717) is 43.5 Å². The summed E-state index contributed by atoms with van der Waals surface area (Å²) in [4.78, 5) is 47.2. The second-order valence-electron chi connectivity index (χ2n) is 11.0. The summed E-state index contributed by atoms with van der Waals surface area (Å²) in [5.74, 6) is 0.138. The molecule has 2 saturated heterocycles. The van der Waals surface area contributed by atoms with E-state index in [1.54, 1.807) is 0 Å². The van der Waals surface area contributed by atoms with E-state index >= 15 is 0 Å². The van der Waals surface area contributed by atoms with Crippen molar-refractivity contribution in [3.63, 3.8) is 0 Å². The summed E-state index contributed by atoms with van der Waals surface area (Å²) >= 11 is 0. The van der Waals surface area contributed by atoms with E-state index in [2.05, 4.69) is 37.2 Å². The van der Waals surface area contributed by atoms with Gasteiger partial charge in [-0.05, 0) is 52.0 Å². The summed E-state index contributed by atoms with van der Waals surface area (Å²) in [5, 5.41) is 0.910. The number of fused-ring (bicyclic) bond motifs is 1. The summed E-state index contributed by atoms with van der Waals surface area (Å²) in [6.45, 7) is 17.8. The van der Waals surface area contributed by atoms with Gasteiger partial charge >= 0.3 is 0 Å². The lowest BCUT2D eigenvalue weighted by molar-refractivity contribution is -0.135. The van der Waals surface area contributed by atoms with Crippen LogP contribution in [0.4, 0.5) is 0 Å². The van der Waals surface area contributed by atoms with Crippen molar-refractivity contribution in [2.45, 2.75) is 53.6 Å². The molecule has 1 aromatic carbocycles. The Balaban J connectivity index is 1.53. The summed E-state index contributed by atoms with van der Waals surface area (Å²) in [5.41, 5.74) is 2.27. The maximum atomic E-state index is 13.6. The van der Waals surface area contributed by atoms with Gasteiger partial charge in [-0.2, -0.15) is 0 Å². The van der Waals surface area contributed by atoms with Crippen LogP contribution in [-0.2, 0) is 4.79 Å². The van der Waals surface area contributed by atoms with Crippen LogP contribution in [0.3, 0.4) is 0 Å². The fraction of sp³-hybridized carbons (Fsp3) is 0.607. The minimum Gasteiger partial charge on any atom is -0.339 e. The number of hydrogen-bond donors (Lipinski definition) is 0. The topological polar surface area (TPSA) is 69.1 Å².